The molecule has 0 aliphatic rings. The van der Waals surface area contributed by atoms with Gasteiger partial charge in [0, 0.05) is 0 Å². The molecule has 0 aromatic heterocycles. The largest absolute Gasteiger partial charge is 0.480 e. The van der Waals surface area contributed by atoms with Crippen LogP contribution in [-0.4, -0.2) is 28.6 Å². The molecule has 0 aliphatic heterocycles. The molecule has 0 bridgehead atoms. The molecule has 1 aromatic rings. The van der Waals surface area contributed by atoms with Crippen LogP contribution in [0.15, 0.2) is 24.3 Å². The topological polar surface area (TPSA) is 75.6 Å². The molecule has 1 aromatic carbocycles. The third-order valence-corrected chi connectivity index (χ3v) is 3.69. The first-order valence-corrected chi connectivity index (χ1v) is 7.87. The van der Waals surface area contributed by atoms with E-state index in [0.29, 0.717) is 11.7 Å². The third kappa shape index (κ3) is 5.27. The average molecular weight is 321 g/mol. The number of amides is 1. The number of benzene rings is 1. The Hall–Kier alpha value is -2.04. The summed E-state index contributed by atoms with van der Waals surface area (Å²) in [6.07, 6.45) is 0. The fourth-order valence-corrected chi connectivity index (χ4v) is 2.09. The predicted molar refractivity (Wildman–Crippen MR) is 89.6 cm³/mol. The van der Waals surface area contributed by atoms with Gasteiger partial charge in [-0.25, -0.2) is 4.79 Å². The molecule has 1 atom stereocenters. The number of ether oxygens (including phenoxy) is 1. The van der Waals surface area contributed by atoms with Gasteiger partial charge in [0.2, 0.25) is 0 Å². The van der Waals surface area contributed by atoms with E-state index in [0.717, 1.165) is 0 Å². The summed E-state index contributed by atoms with van der Waals surface area (Å²) in [5.41, 5.74) is 0.0208. The van der Waals surface area contributed by atoms with Crippen LogP contribution in [0.25, 0.3) is 0 Å². The standard InChI is InChI=1S/C18H27NO4/c1-11(2)13-7-9-14(10-8-13)23-18(5,6)17(22)19-15(12(3)4)16(20)21/h7-12,15H,1-6H3,(H,19,22)(H,20,21). The van der Waals surface area contributed by atoms with Crippen LogP contribution >= 0.6 is 0 Å². The first kappa shape index (κ1) is 19.0. The van der Waals surface area contributed by atoms with E-state index in [1.807, 2.05) is 24.3 Å². The highest BCUT2D eigenvalue weighted by molar-refractivity contribution is 5.89. The Morgan fingerprint density at radius 3 is 2.00 bits per heavy atom. The van der Waals surface area contributed by atoms with Crippen LogP contribution in [0.1, 0.15) is 53.0 Å². The zero-order valence-electron chi connectivity index (χ0n) is 14.7. The minimum absolute atomic E-state index is 0.211. The molecule has 1 amide bonds. The summed E-state index contributed by atoms with van der Waals surface area (Å²) in [7, 11) is 0. The number of aliphatic carboxylic acids is 1. The monoisotopic (exact) mass is 321 g/mol. The van der Waals surface area contributed by atoms with E-state index in [-0.39, 0.29) is 5.92 Å². The lowest BCUT2D eigenvalue weighted by atomic mass is 10.0. The van der Waals surface area contributed by atoms with Crippen LogP contribution in [-0.2, 0) is 9.59 Å². The number of carboxylic acid groups (broad SMARTS) is 1. The zero-order chi connectivity index (χ0) is 17.8. The van der Waals surface area contributed by atoms with E-state index in [1.165, 1.54) is 5.56 Å². The second-order valence-electron chi connectivity index (χ2n) is 6.87. The molecule has 1 rings (SSSR count). The van der Waals surface area contributed by atoms with Gasteiger partial charge in [-0.2, -0.15) is 0 Å². The average Bonchev–Trinajstić information content (AvgIpc) is 2.43. The lowest BCUT2D eigenvalue weighted by Crippen LogP contribution is -2.53. The first-order valence-electron chi connectivity index (χ1n) is 7.87. The van der Waals surface area contributed by atoms with Gasteiger partial charge < -0.3 is 15.2 Å². The number of rotatable bonds is 7. The highest BCUT2D eigenvalue weighted by atomic mass is 16.5. The van der Waals surface area contributed by atoms with Crippen LogP contribution in [0.4, 0.5) is 0 Å². The molecule has 1 unspecified atom stereocenters. The summed E-state index contributed by atoms with van der Waals surface area (Å²) in [5.74, 6) is -0.719. The molecule has 0 saturated carbocycles. The Balaban J connectivity index is 2.81. The van der Waals surface area contributed by atoms with Crippen molar-refractivity contribution in [2.75, 3.05) is 0 Å². The summed E-state index contributed by atoms with van der Waals surface area (Å²) in [6.45, 7) is 10.9. The van der Waals surface area contributed by atoms with Gasteiger partial charge >= 0.3 is 5.97 Å². The molecule has 0 aliphatic carbocycles. The normalized spacial score (nSPS) is 13.0. The number of carbonyl (C=O) groups is 2. The van der Waals surface area contributed by atoms with E-state index in [2.05, 4.69) is 19.2 Å². The maximum Gasteiger partial charge on any atom is 0.326 e. The molecule has 0 radical (unpaired) electrons. The van der Waals surface area contributed by atoms with Crippen molar-refractivity contribution in [3.05, 3.63) is 29.8 Å². The van der Waals surface area contributed by atoms with Crippen LogP contribution < -0.4 is 10.1 Å². The zero-order valence-corrected chi connectivity index (χ0v) is 14.7. The lowest BCUT2D eigenvalue weighted by molar-refractivity contribution is -0.146. The fourth-order valence-electron chi connectivity index (χ4n) is 2.09. The number of carbonyl (C=O) groups excluding carboxylic acids is 1. The van der Waals surface area contributed by atoms with E-state index in [1.54, 1.807) is 27.7 Å². The van der Waals surface area contributed by atoms with Gasteiger partial charge in [0.15, 0.2) is 5.60 Å². The van der Waals surface area contributed by atoms with E-state index in [4.69, 9.17) is 4.74 Å². The van der Waals surface area contributed by atoms with Gasteiger partial charge in [-0.3, -0.25) is 4.79 Å². The van der Waals surface area contributed by atoms with Crippen molar-refractivity contribution in [1.29, 1.82) is 0 Å². The Morgan fingerprint density at radius 2 is 1.61 bits per heavy atom. The molecule has 0 fully saturated rings. The summed E-state index contributed by atoms with van der Waals surface area (Å²) >= 11 is 0. The minimum atomic E-state index is -1.16. The Morgan fingerprint density at radius 1 is 1.09 bits per heavy atom. The third-order valence-electron chi connectivity index (χ3n) is 3.69. The molecule has 0 heterocycles. The molecule has 128 valence electrons. The number of carboxylic acids is 1. The van der Waals surface area contributed by atoms with Crippen LogP contribution in [0.5, 0.6) is 5.75 Å². The SMILES string of the molecule is CC(C)c1ccc(OC(C)(C)C(=O)NC(C(=O)O)C(C)C)cc1. The van der Waals surface area contributed by atoms with Gasteiger partial charge in [-0.1, -0.05) is 39.8 Å². The van der Waals surface area contributed by atoms with Gasteiger partial charge in [0.25, 0.3) is 5.91 Å². The van der Waals surface area contributed by atoms with Crippen LogP contribution in [0.2, 0.25) is 0 Å². The highest BCUT2D eigenvalue weighted by Gasteiger charge is 2.34. The smallest absolute Gasteiger partial charge is 0.326 e. The van der Waals surface area contributed by atoms with Crippen molar-refractivity contribution < 1.29 is 19.4 Å². The molecule has 23 heavy (non-hydrogen) atoms. The quantitative estimate of drug-likeness (QED) is 0.808. The Labute approximate surface area is 138 Å². The van der Waals surface area contributed by atoms with Crippen molar-refractivity contribution in [2.45, 2.75) is 59.1 Å². The van der Waals surface area contributed by atoms with Gasteiger partial charge in [-0.05, 0) is 43.4 Å². The van der Waals surface area contributed by atoms with Gasteiger partial charge in [0.05, 0.1) is 0 Å². The van der Waals surface area contributed by atoms with Crippen LogP contribution in [0, 0.1) is 5.92 Å². The summed E-state index contributed by atoms with van der Waals surface area (Å²) in [4.78, 5) is 23.6. The molecular formula is C18H27NO4. The predicted octanol–water partition coefficient (Wildman–Crippen LogP) is 3.19. The van der Waals surface area contributed by atoms with Crippen molar-refractivity contribution in [1.82, 2.24) is 5.32 Å². The molecule has 0 spiro atoms. The number of nitrogens with one attached hydrogen (secondary N) is 1. The van der Waals surface area contributed by atoms with Gasteiger partial charge in [0.1, 0.15) is 11.8 Å². The fraction of sp³-hybridized carbons (Fsp3) is 0.556. The van der Waals surface area contributed by atoms with E-state index >= 15 is 0 Å². The van der Waals surface area contributed by atoms with Crippen molar-refractivity contribution in [3.8, 4) is 5.75 Å². The maximum absolute atomic E-state index is 12.4. The van der Waals surface area contributed by atoms with E-state index in [9.17, 15) is 14.7 Å². The molecule has 2 N–H and O–H groups in total. The van der Waals surface area contributed by atoms with E-state index < -0.39 is 23.5 Å². The number of hydrogen-bond donors (Lipinski definition) is 2. The molecule has 5 nitrogen and oxygen atoms in total. The van der Waals surface area contributed by atoms with Gasteiger partial charge in [-0.15, -0.1) is 0 Å². The first-order chi connectivity index (χ1) is 10.5. The summed E-state index contributed by atoms with van der Waals surface area (Å²) in [6, 6.07) is 6.63. The van der Waals surface area contributed by atoms with Crippen LogP contribution in [0.3, 0.4) is 0 Å². The Kier molecular flexibility index (Phi) is 6.19. The summed E-state index contributed by atoms with van der Waals surface area (Å²) < 4.78 is 5.75. The molecule has 0 saturated heterocycles. The minimum Gasteiger partial charge on any atom is -0.480 e. The second-order valence-corrected chi connectivity index (χ2v) is 6.87. The van der Waals surface area contributed by atoms with Crippen molar-refractivity contribution >= 4 is 11.9 Å². The highest BCUT2D eigenvalue weighted by Crippen LogP contribution is 2.22. The lowest BCUT2D eigenvalue weighted by Gasteiger charge is -2.28. The second kappa shape index (κ2) is 7.49. The summed E-state index contributed by atoms with van der Waals surface area (Å²) in [5, 5.41) is 11.7. The Bertz CT molecular complexity index is 547. The van der Waals surface area contributed by atoms with Crippen molar-refractivity contribution in [3.63, 3.8) is 0 Å². The number of hydrogen-bond acceptors (Lipinski definition) is 3. The molecule has 5 heteroatoms. The van der Waals surface area contributed by atoms with Crippen molar-refractivity contribution in [2.24, 2.45) is 5.92 Å². The molecular weight excluding hydrogens is 294 g/mol. The maximum atomic E-state index is 12.4.